The molecule has 1 amide bonds. The predicted molar refractivity (Wildman–Crippen MR) is 339 cm³/mol. The van der Waals surface area contributed by atoms with Crippen molar-refractivity contribution in [3.8, 4) is 0 Å². The minimum Gasteiger partial charge on any atom is -0.756 e. The lowest BCUT2D eigenvalue weighted by Gasteiger charge is -2.30. The molecule has 0 saturated heterocycles. The molecule has 0 aliphatic rings. The van der Waals surface area contributed by atoms with Crippen LogP contribution in [0.3, 0.4) is 0 Å². The molecule has 0 aromatic rings. The van der Waals surface area contributed by atoms with E-state index in [2.05, 4.69) is 111 Å². The fourth-order valence-corrected chi connectivity index (χ4v) is 9.76. The van der Waals surface area contributed by atoms with Gasteiger partial charge in [-0.1, -0.05) is 266 Å². The van der Waals surface area contributed by atoms with E-state index in [1.807, 2.05) is 33.3 Å². The average Bonchev–Trinajstić information content (AvgIpc) is 3.41. The van der Waals surface area contributed by atoms with Crippen LogP contribution in [-0.4, -0.2) is 69.4 Å². The molecule has 10 heteroatoms. The normalized spacial score (nSPS) is 14.3. The minimum absolute atomic E-state index is 0.0300. The number of nitrogens with one attached hydrogen (secondary N) is 1. The molecule has 0 heterocycles. The van der Waals surface area contributed by atoms with Crippen molar-refractivity contribution < 1.29 is 37.3 Å². The molecule has 0 aromatic carbocycles. The molecular weight excluding hydrogens is 1000 g/mol. The van der Waals surface area contributed by atoms with E-state index in [-0.39, 0.29) is 24.9 Å². The summed E-state index contributed by atoms with van der Waals surface area (Å²) >= 11 is 0. The topological polar surface area (TPSA) is 114 Å². The van der Waals surface area contributed by atoms with Crippen LogP contribution in [0.5, 0.6) is 0 Å². The Labute approximate surface area is 488 Å². The van der Waals surface area contributed by atoms with E-state index < -0.39 is 26.6 Å². The number of unbranched alkanes of at least 4 members (excludes halogenated alkanes) is 30. The van der Waals surface area contributed by atoms with Gasteiger partial charge in [0.15, 0.2) is 0 Å². The molecule has 0 aliphatic heterocycles. The fourth-order valence-electron chi connectivity index (χ4n) is 9.04. The summed E-state index contributed by atoms with van der Waals surface area (Å²) in [6, 6.07) is -0.903. The van der Waals surface area contributed by atoms with Gasteiger partial charge in [-0.2, -0.15) is 0 Å². The van der Waals surface area contributed by atoms with E-state index in [9.17, 15) is 19.0 Å². The molecule has 3 unspecified atom stereocenters. The monoisotopic (exact) mass is 1120 g/mol. The van der Waals surface area contributed by atoms with Gasteiger partial charge in [0.1, 0.15) is 19.3 Å². The highest BCUT2D eigenvalue weighted by atomic mass is 31.2. The smallest absolute Gasteiger partial charge is 0.306 e. The first-order chi connectivity index (χ1) is 38.4. The Morgan fingerprint density at radius 1 is 0.468 bits per heavy atom. The summed E-state index contributed by atoms with van der Waals surface area (Å²) in [7, 11) is 1.16. The van der Waals surface area contributed by atoms with Gasteiger partial charge in [-0.05, 0) is 96.0 Å². The average molecular weight is 1120 g/mol. The zero-order valence-electron chi connectivity index (χ0n) is 52.1. The molecule has 9 nitrogen and oxygen atoms in total. The largest absolute Gasteiger partial charge is 0.756 e. The lowest BCUT2D eigenvalue weighted by atomic mass is 10.0. The number of hydrogen-bond donors (Lipinski definition) is 1. The zero-order valence-corrected chi connectivity index (χ0v) is 52.9. The molecule has 0 radical (unpaired) electrons. The van der Waals surface area contributed by atoms with Crippen LogP contribution >= 0.6 is 7.82 Å². The number of carbonyl (C=O) groups is 2. The number of hydrogen-bond acceptors (Lipinski definition) is 7. The first-order valence-corrected chi connectivity index (χ1v) is 34.0. The Balaban J connectivity index is 5.19. The number of nitrogens with zero attached hydrogens (tertiary/aromatic N) is 1. The van der Waals surface area contributed by atoms with E-state index in [4.69, 9.17) is 13.8 Å². The van der Waals surface area contributed by atoms with Crippen molar-refractivity contribution in [2.75, 3.05) is 40.9 Å². The summed E-state index contributed by atoms with van der Waals surface area (Å²) in [6.45, 7) is 6.68. The number of carbonyl (C=O) groups excluding carboxylic acids is 2. The number of likely N-dealkylation sites (N-methyl/N-ethyl adjacent to an activating group) is 1. The van der Waals surface area contributed by atoms with Crippen LogP contribution in [0, 0.1) is 0 Å². The molecule has 0 saturated carbocycles. The molecule has 1 N–H and O–H groups in total. The van der Waals surface area contributed by atoms with Gasteiger partial charge < -0.3 is 28.5 Å². The summed E-state index contributed by atoms with van der Waals surface area (Å²) in [5, 5.41) is 3.02. The highest BCUT2D eigenvalue weighted by Crippen LogP contribution is 2.38. The molecule has 0 bridgehead atoms. The van der Waals surface area contributed by atoms with Crippen LogP contribution in [0.4, 0.5) is 0 Å². The van der Waals surface area contributed by atoms with Crippen LogP contribution in [0.25, 0.3) is 0 Å². The molecule has 456 valence electrons. The van der Waals surface area contributed by atoms with E-state index >= 15 is 0 Å². The Hall–Kier alpha value is -3.07. The summed E-state index contributed by atoms with van der Waals surface area (Å²) in [5.74, 6) is -0.562. The maximum Gasteiger partial charge on any atom is 0.306 e. The summed E-state index contributed by atoms with van der Waals surface area (Å²) < 4.78 is 30.3. The van der Waals surface area contributed by atoms with Gasteiger partial charge in [0.25, 0.3) is 7.82 Å². The lowest BCUT2D eigenvalue weighted by molar-refractivity contribution is -0.870. The van der Waals surface area contributed by atoms with E-state index in [0.29, 0.717) is 17.4 Å². The maximum atomic E-state index is 13.5. The van der Waals surface area contributed by atoms with Gasteiger partial charge in [-0.3, -0.25) is 14.2 Å². The third-order valence-corrected chi connectivity index (χ3v) is 15.0. The molecule has 0 aliphatic carbocycles. The third-order valence-electron chi connectivity index (χ3n) is 14.1. The summed E-state index contributed by atoms with van der Waals surface area (Å²) in [4.78, 5) is 40.1. The SMILES string of the molecule is CC/C=C/C=C/C=C/CCCCCCCCCC(=O)NC(COP(=O)([O-])OCC[N+](C)(C)C)C(/C=C\CCCCCCCCCCCCC)OC(=O)CCCCCCCCCCC/C=C\C/C=C\C/C=C\C/C=C\CCCCC. The van der Waals surface area contributed by atoms with Gasteiger partial charge >= 0.3 is 5.97 Å². The Morgan fingerprint density at radius 3 is 1.34 bits per heavy atom. The Kier molecular flexibility index (Phi) is 55.9. The van der Waals surface area contributed by atoms with Crippen molar-refractivity contribution in [3.63, 3.8) is 0 Å². The fraction of sp³-hybridized carbons (Fsp3) is 0.739. The number of amides is 1. The zero-order chi connectivity index (χ0) is 57.9. The molecule has 0 fully saturated rings. The van der Waals surface area contributed by atoms with Crippen LogP contribution in [0.15, 0.2) is 97.2 Å². The lowest BCUT2D eigenvalue weighted by Crippen LogP contribution is -2.47. The van der Waals surface area contributed by atoms with Crippen molar-refractivity contribution in [1.29, 1.82) is 0 Å². The number of ether oxygens (including phenoxy) is 1. The van der Waals surface area contributed by atoms with Crippen molar-refractivity contribution in [3.05, 3.63) is 97.2 Å². The van der Waals surface area contributed by atoms with Gasteiger partial charge in [-0.25, -0.2) is 0 Å². The maximum absolute atomic E-state index is 13.5. The molecule has 79 heavy (non-hydrogen) atoms. The number of rotatable bonds is 58. The molecular formula is C69H123N2O7P. The highest BCUT2D eigenvalue weighted by molar-refractivity contribution is 7.45. The first-order valence-electron chi connectivity index (χ1n) is 32.6. The standard InChI is InChI=1S/C69H123N2O7P/c1-7-10-13-16-19-22-25-28-30-31-32-33-34-35-36-37-38-39-41-44-47-50-53-56-59-62-69(73)78-67(60-57-54-51-48-45-42-27-24-21-18-15-12-9-3)66(65-77-79(74,75)76-64-63-71(4,5)6)70-68(72)61-58-55-52-49-46-43-40-29-26-23-20-17-14-11-8-2/h11,14,17,19-20,22-23,26,28,30,32-33,35-36,57,60,66-67H,7-10,12-13,15-16,18,21,24-25,27,29,31,34,37-56,58-59,61-65H2,1-6H3,(H-,70,72,74,75)/b14-11+,20-17+,22-19-,26-23+,30-28-,33-32-,36-35-,60-57-. The second-order valence-corrected chi connectivity index (χ2v) is 24.4. The van der Waals surface area contributed by atoms with E-state index in [1.54, 1.807) is 0 Å². The van der Waals surface area contributed by atoms with E-state index in [1.165, 1.54) is 135 Å². The number of allylic oxidation sites excluding steroid dienone is 15. The molecule has 0 aromatic heterocycles. The number of esters is 1. The van der Waals surface area contributed by atoms with Gasteiger partial charge in [0.2, 0.25) is 5.91 Å². The van der Waals surface area contributed by atoms with Gasteiger partial charge in [0, 0.05) is 12.8 Å². The van der Waals surface area contributed by atoms with Crippen LogP contribution in [0.2, 0.25) is 0 Å². The Bertz CT molecular complexity index is 1670. The van der Waals surface area contributed by atoms with E-state index in [0.717, 1.165) is 109 Å². The summed E-state index contributed by atoms with van der Waals surface area (Å²) in [6.07, 6.45) is 78.0. The molecule has 0 spiro atoms. The third kappa shape index (κ3) is 59.4. The van der Waals surface area contributed by atoms with Gasteiger partial charge in [0.05, 0.1) is 33.8 Å². The van der Waals surface area contributed by atoms with Crippen molar-refractivity contribution in [2.45, 2.75) is 290 Å². The Morgan fingerprint density at radius 2 is 0.861 bits per heavy atom. The quantitative estimate of drug-likeness (QED) is 0.0161. The first kappa shape index (κ1) is 75.9. The number of quaternary nitrogens is 1. The van der Waals surface area contributed by atoms with Crippen molar-refractivity contribution >= 4 is 19.7 Å². The van der Waals surface area contributed by atoms with Crippen LogP contribution < -0.4 is 10.2 Å². The number of phosphoric acid groups is 1. The highest BCUT2D eigenvalue weighted by Gasteiger charge is 2.27. The second kappa shape index (κ2) is 58.1. The van der Waals surface area contributed by atoms with Crippen molar-refractivity contribution in [2.24, 2.45) is 0 Å². The predicted octanol–water partition coefficient (Wildman–Crippen LogP) is 19.7. The van der Waals surface area contributed by atoms with Crippen LogP contribution in [0.1, 0.15) is 278 Å². The van der Waals surface area contributed by atoms with Crippen molar-refractivity contribution in [1.82, 2.24) is 5.32 Å². The number of phosphoric ester groups is 1. The van der Waals surface area contributed by atoms with Gasteiger partial charge in [-0.15, -0.1) is 0 Å². The van der Waals surface area contributed by atoms with Crippen LogP contribution in [-0.2, 0) is 27.9 Å². The second-order valence-electron chi connectivity index (χ2n) is 22.9. The minimum atomic E-state index is -4.71. The molecule has 0 rings (SSSR count). The summed E-state index contributed by atoms with van der Waals surface area (Å²) in [5.41, 5.74) is 0. The molecule has 3 atom stereocenters.